The van der Waals surface area contributed by atoms with E-state index >= 15 is 0 Å². The molecule has 1 aromatic rings. The topological polar surface area (TPSA) is 82.0 Å². The van der Waals surface area contributed by atoms with Gasteiger partial charge in [-0.2, -0.15) is 0 Å². The molecule has 5 heteroatoms. The summed E-state index contributed by atoms with van der Waals surface area (Å²) in [5.74, 6) is 0.792. The predicted octanol–water partition coefficient (Wildman–Crippen LogP) is -0.194. The lowest BCUT2D eigenvalue weighted by Crippen LogP contribution is -2.51. The molecule has 0 saturated carbocycles. The minimum Gasteiger partial charge on any atom is -0.497 e. The first-order chi connectivity index (χ1) is 9.11. The lowest BCUT2D eigenvalue weighted by molar-refractivity contribution is -0.0567. The lowest BCUT2D eigenvalue weighted by atomic mass is 9.94. The quantitative estimate of drug-likeness (QED) is 0.567. The summed E-state index contributed by atoms with van der Waals surface area (Å²) in [6.45, 7) is 0.554. The fraction of sp³-hybridized carbons (Fsp3) is 0.429. The van der Waals surface area contributed by atoms with Crippen LogP contribution in [0.1, 0.15) is 5.56 Å². The van der Waals surface area contributed by atoms with Gasteiger partial charge in [0.1, 0.15) is 24.1 Å². The molecule has 104 valence electrons. The summed E-state index contributed by atoms with van der Waals surface area (Å²) in [6.07, 6.45) is -0.0140. The van der Waals surface area contributed by atoms with Crippen molar-refractivity contribution in [3.63, 3.8) is 0 Å². The molecule has 0 radical (unpaired) electrons. The Morgan fingerprint density at radius 3 is 2.37 bits per heavy atom. The molecule has 0 heterocycles. The zero-order chi connectivity index (χ0) is 13.8. The molecular formula is C14H19NO4. The third-order valence-corrected chi connectivity index (χ3v) is 3.28. The van der Waals surface area contributed by atoms with Crippen molar-refractivity contribution in [3.8, 4) is 5.75 Å². The van der Waals surface area contributed by atoms with Crippen LogP contribution in [0, 0.1) is 0 Å². The van der Waals surface area contributed by atoms with Gasteiger partial charge in [0.2, 0.25) is 0 Å². The molecule has 2 rings (SSSR count). The average molecular weight is 265 g/mol. The normalized spacial score (nSPS) is 30.3. The second kappa shape index (κ2) is 6.16. The molecule has 0 amide bonds. The summed E-state index contributed by atoms with van der Waals surface area (Å²) in [5, 5.41) is 31.9. The molecule has 0 fully saturated rings. The molecule has 0 saturated heterocycles. The molecule has 0 bridgehead atoms. The Kier molecular flexibility index (Phi) is 4.55. The molecule has 1 aliphatic rings. The minimum atomic E-state index is -1.15. The first kappa shape index (κ1) is 14.0. The number of ether oxygens (including phenoxy) is 1. The lowest BCUT2D eigenvalue weighted by Gasteiger charge is -2.31. The van der Waals surface area contributed by atoms with Crippen LogP contribution in [0.15, 0.2) is 36.4 Å². The van der Waals surface area contributed by atoms with E-state index < -0.39 is 18.3 Å². The third kappa shape index (κ3) is 3.33. The van der Waals surface area contributed by atoms with Gasteiger partial charge in [0.25, 0.3) is 0 Å². The summed E-state index contributed by atoms with van der Waals surface area (Å²) in [7, 11) is 1.61. The maximum atomic E-state index is 9.82. The van der Waals surface area contributed by atoms with Crippen LogP contribution in [0.4, 0.5) is 0 Å². The molecule has 4 atom stereocenters. The SMILES string of the molecule is COc1ccc(CN[C@H]2C=C[C@H](O)[C@@H](O)[C@@H]2O)cc1. The van der Waals surface area contributed by atoms with Crippen molar-refractivity contribution in [1.29, 1.82) is 0 Å². The Hall–Kier alpha value is -1.40. The van der Waals surface area contributed by atoms with E-state index in [1.54, 1.807) is 13.2 Å². The molecule has 5 nitrogen and oxygen atoms in total. The van der Waals surface area contributed by atoms with Gasteiger partial charge in [-0.3, -0.25) is 0 Å². The van der Waals surface area contributed by atoms with Crippen molar-refractivity contribution in [2.75, 3.05) is 7.11 Å². The average Bonchev–Trinajstić information content (AvgIpc) is 2.45. The summed E-state index contributed by atoms with van der Waals surface area (Å²) in [5.41, 5.74) is 1.04. The Morgan fingerprint density at radius 2 is 1.74 bits per heavy atom. The van der Waals surface area contributed by atoms with E-state index in [2.05, 4.69) is 5.32 Å². The van der Waals surface area contributed by atoms with Gasteiger partial charge < -0.3 is 25.4 Å². The number of aliphatic hydroxyl groups is 3. The van der Waals surface area contributed by atoms with E-state index in [1.165, 1.54) is 6.08 Å². The van der Waals surface area contributed by atoms with E-state index in [-0.39, 0.29) is 6.04 Å². The van der Waals surface area contributed by atoms with E-state index in [1.807, 2.05) is 24.3 Å². The highest BCUT2D eigenvalue weighted by atomic mass is 16.5. The van der Waals surface area contributed by atoms with Crippen LogP contribution in [0.5, 0.6) is 5.75 Å². The van der Waals surface area contributed by atoms with Gasteiger partial charge in [-0.1, -0.05) is 24.3 Å². The zero-order valence-electron chi connectivity index (χ0n) is 10.7. The maximum absolute atomic E-state index is 9.82. The van der Waals surface area contributed by atoms with Crippen LogP contribution >= 0.6 is 0 Å². The predicted molar refractivity (Wildman–Crippen MR) is 70.8 cm³/mol. The Labute approximate surface area is 112 Å². The summed E-state index contributed by atoms with van der Waals surface area (Å²) in [6, 6.07) is 7.21. The smallest absolute Gasteiger partial charge is 0.118 e. The van der Waals surface area contributed by atoms with E-state index in [4.69, 9.17) is 4.74 Å². The van der Waals surface area contributed by atoms with Crippen molar-refractivity contribution in [2.24, 2.45) is 0 Å². The third-order valence-electron chi connectivity index (χ3n) is 3.28. The Balaban J connectivity index is 1.93. The van der Waals surface area contributed by atoms with Crippen molar-refractivity contribution in [2.45, 2.75) is 30.9 Å². The van der Waals surface area contributed by atoms with Crippen molar-refractivity contribution in [3.05, 3.63) is 42.0 Å². The maximum Gasteiger partial charge on any atom is 0.118 e. The number of nitrogens with one attached hydrogen (secondary N) is 1. The fourth-order valence-corrected chi connectivity index (χ4v) is 2.04. The largest absolute Gasteiger partial charge is 0.497 e. The number of aliphatic hydroxyl groups excluding tert-OH is 3. The summed E-state index contributed by atoms with van der Waals surface area (Å²) < 4.78 is 5.07. The summed E-state index contributed by atoms with van der Waals surface area (Å²) in [4.78, 5) is 0. The van der Waals surface area contributed by atoms with Crippen LogP contribution in [0.3, 0.4) is 0 Å². The van der Waals surface area contributed by atoms with Crippen LogP contribution < -0.4 is 10.1 Å². The molecular weight excluding hydrogens is 246 g/mol. The van der Waals surface area contributed by atoms with Gasteiger partial charge >= 0.3 is 0 Å². The Morgan fingerprint density at radius 1 is 1.05 bits per heavy atom. The second-order valence-corrected chi connectivity index (χ2v) is 4.61. The molecule has 19 heavy (non-hydrogen) atoms. The van der Waals surface area contributed by atoms with E-state index in [0.717, 1.165) is 11.3 Å². The van der Waals surface area contributed by atoms with Crippen LogP contribution in [0.25, 0.3) is 0 Å². The van der Waals surface area contributed by atoms with Gasteiger partial charge in [0, 0.05) is 6.54 Å². The van der Waals surface area contributed by atoms with Crippen LogP contribution in [-0.2, 0) is 6.54 Å². The first-order valence-electron chi connectivity index (χ1n) is 6.20. The molecule has 4 N–H and O–H groups in total. The van der Waals surface area contributed by atoms with Crippen LogP contribution in [0.2, 0.25) is 0 Å². The molecule has 0 unspecified atom stereocenters. The summed E-state index contributed by atoms with van der Waals surface area (Å²) >= 11 is 0. The van der Waals surface area contributed by atoms with Crippen LogP contribution in [-0.4, -0.2) is 46.8 Å². The van der Waals surface area contributed by atoms with Gasteiger partial charge in [-0.15, -0.1) is 0 Å². The van der Waals surface area contributed by atoms with E-state index in [9.17, 15) is 15.3 Å². The highest BCUT2D eigenvalue weighted by molar-refractivity contribution is 5.27. The molecule has 0 aromatic heterocycles. The molecule has 0 spiro atoms. The standard InChI is InChI=1S/C14H19NO4/c1-19-10-4-2-9(3-5-10)8-15-11-6-7-12(16)14(18)13(11)17/h2-7,11-18H,8H2,1H3/t11-,12-,13+,14+/m0/s1. The highest BCUT2D eigenvalue weighted by Gasteiger charge is 2.32. The number of hydrogen-bond acceptors (Lipinski definition) is 5. The molecule has 1 aromatic carbocycles. The van der Waals surface area contributed by atoms with Gasteiger partial charge in [0.05, 0.1) is 13.2 Å². The van der Waals surface area contributed by atoms with Crippen molar-refractivity contribution >= 4 is 0 Å². The number of methoxy groups -OCH3 is 1. The fourth-order valence-electron chi connectivity index (χ4n) is 2.04. The van der Waals surface area contributed by atoms with Gasteiger partial charge in [-0.05, 0) is 17.7 Å². The molecule has 0 aliphatic heterocycles. The number of rotatable bonds is 4. The highest BCUT2D eigenvalue weighted by Crippen LogP contribution is 2.15. The van der Waals surface area contributed by atoms with E-state index in [0.29, 0.717) is 6.54 Å². The second-order valence-electron chi connectivity index (χ2n) is 4.61. The van der Waals surface area contributed by atoms with Gasteiger partial charge in [-0.25, -0.2) is 0 Å². The first-order valence-corrected chi connectivity index (χ1v) is 6.20. The zero-order valence-corrected chi connectivity index (χ0v) is 10.7. The number of benzene rings is 1. The Bertz CT molecular complexity index is 432. The van der Waals surface area contributed by atoms with Gasteiger partial charge in [0.15, 0.2) is 0 Å². The number of hydrogen-bond donors (Lipinski definition) is 4. The van der Waals surface area contributed by atoms with Crippen molar-refractivity contribution < 1.29 is 20.1 Å². The monoisotopic (exact) mass is 265 g/mol. The molecule has 1 aliphatic carbocycles. The minimum absolute atomic E-state index is 0.375. The van der Waals surface area contributed by atoms with Crippen molar-refractivity contribution in [1.82, 2.24) is 5.32 Å².